The molecule has 0 spiro atoms. The molecule has 7 nitrogen and oxygen atoms in total. The topological polar surface area (TPSA) is 96.9 Å². The van der Waals surface area contributed by atoms with Crippen LogP contribution in [0.25, 0.3) is 22.2 Å². The van der Waals surface area contributed by atoms with Crippen LogP contribution in [0.2, 0.25) is 0 Å². The molecule has 29 heavy (non-hydrogen) atoms. The molecular weight excluding hydrogens is 395 g/mol. The van der Waals surface area contributed by atoms with Gasteiger partial charge in [0.1, 0.15) is 5.82 Å². The van der Waals surface area contributed by atoms with Crippen molar-refractivity contribution in [1.29, 1.82) is 0 Å². The third-order valence-electron chi connectivity index (χ3n) is 4.34. The molecule has 0 unspecified atom stereocenters. The van der Waals surface area contributed by atoms with Gasteiger partial charge < -0.3 is 5.32 Å². The highest BCUT2D eigenvalue weighted by atomic mass is 32.1. The van der Waals surface area contributed by atoms with E-state index in [1.54, 1.807) is 41.8 Å². The second kappa shape index (κ2) is 7.80. The molecule has 0 saturated carbocycles. The summed E-state index contributed by atoms with van der Waals surface area (Å²) in [6, 6.07) is 12.8. The summed E-state index contributed by atoms with van der Waals surface area (Å²) in [7, 11) is 0. The summed E-state index contributed by atoms with van der Waals surface area (Å²) in [4.78, 5) is 42.9. The fourth-order valence-electron chi connectivity index (χ4n) is 2.97. The number of halogens is 1. The van der Waals surface area contributed by atoms with Crippen molar-refractivity contribution in [2.24, 2.45) is 0 Å². The Kier molecular flexibility index (Phi) is 5.05. The number of para-hydroxylation sites is 1. The Labute approximate surface area is 167 Å². The Bertz CT molecular complexity index is 1330. The average Bonchev–Trinajstić information content (AvgIpc) is 3.16. The monoisotopic (exact) mass is 410 g/mol. The van der Waals surface area contributed by atoms with Gasteiger partial charge in [-0.1, -0.05) is 24.3 Å². The highest BCUT2D eigenvalue weighted by molar-refractivity contribution is 7.14. The lowest BCUT2D eigenvalue weighted by atomic mass is 10.2. The Morgan fingerprint density at radius 1 is 1.17 bits per heavy atom. The number of carbonyl (C=O) groups excluding carboxylic acids is 1. The van der Waals surface area contributed by atoms with E-state index < -0.39 is 11.2 Å². The second-order valence-corrected chi connectivity index (χ2v) is 7.13. The van der Waals surface area contributed by atoms with Crippen molar-refractivity contribution in [3.05, 3.63) is 80.6 Å². The first-order chi connectivity index (χ1) is 14.0. The van der Waals surface area contributed by atoms with Crippen LogP contribution in [0.4, 0.5) is 9.52 Å². The summed E-state index contributed by atoms with van der Waals surface area (Å²) < 4.78 is 14.7. The lowest BCUT2D eigenvalue weighted by molar-refractivity contribution is -0.116. The number of hydrogen-bond donors (Lipinski definition) is 2. The molecule has 1 amide bonds. The number of nitrogens with one attached hydrogen (secondary N) is 2. The summed E-state index contributed by atoms with van der Waals surface area (Å²) in [5.41, 5.74) is 0.625. The summed E-state index contributed by atoms with van der Waals surface area (Å²) in [5.74, 6) is -0.688. The van der Waals surface area contributed by atoms with E-state index in [0.717, 1.165) is 0 Å². The Balaban J connectivity index is 1.47. The van der Waals surface area contributed by atoms with E-state index >= 15 is 0 Å². The molecule has 0 aliphatic heterocycles. The quantitative estimate of drug-likeness (QED) is 0.529. The zero-order valence-corrected chi connectivity index (χ0v) is 15.8. The van der Waals surface area contributed by atoms with Crippen LogP contribution in [0.1, 0.15) is 6.42 Å². The number of hydrogen-bond acceptors (Lipinski definition) is 5. The molecule has 0 fully saturated rings. The van der Waals surface area contributed by atoms with Crippen LogP contribution in [0.5, 0.6) is 0 Å². The molecule has 0 aliphatic rings. The minimum atomic E-state index is -0.566. The standard InChI is InChI=1S/C20H15FN4O3S/c21-13-5-3-4-12(10-13)15-11-29-19(22-15)23-17(26)8-9-25-16-7-2-1-6-14(16)18(27)24-20(25)28/h1-7,10-11H,8-9H2,(H,22,23,26)(H,24,27,28). The number of rotatable bonds is 5. The highest BCUT2D eigenvalue weighted by Crippen LogP contribution is 2.25. The van der Waals surface area contributed by atoms with Crippen LogP contribution in [-0.2, 0) is 11.3 Å². The number of carbonyl (C=O) groups is 1. The smallest absolute Gasteiger partial charge is 0.302 e. The lowest BCUT2D eigenvalue weighted by Gasteiger charge is -2.09. The van der Waals surface area contributed by atoms with Crippen molar-refractivity contribution in [1.82, 2.24) is 14.5 Å². The highest BCUT2D eigenvalue weighted by Gasteiger charge is 2.11. The van der Waals surface area contributed by atoms with E-state index in [9.17, 15) is 18.8 Å². The predicted octanol–water partition coefficient (Wildman–Crippen LogP) is 2.98. The van der Waals surface area contributed by atoms with Gasteiger partial charge in [0.2, 0.25) is 5.91 Å². The zero-order chi connectivity index (χ0) is 20.4. The van der Waals surface area contributed by atoms with Gasteiger partial charge in [0.25, 0.3) is 5.56 Å². The van der Waals surface area contributed by atoms with Crippen LogP contribution in [0.15, 0.2) is 63.5 Å². The molecule has 4 rings (SSSR count). The molecule has 0 saturated heterocycles. The van der Waals surface area contributed by atoms with E-state index in [1.165, 1.54) is 28.0 Å². The van der Waals surface area contributed by atoms with Gasteiger partial charge >= 0.3 is 5.69 Å². The molecule has 2 aromatic heterocycles. The fourth-order valence-corrected chi connectivity index (χ4v) is 3.71. The summed E-state index contributed by atoms with van der Waals surface area (Å²) >= 11 is 1.23. The molecule has 2 aromatic carbocycles. The first-order valence-corrected chi connectivity index (χ1v) is 9.62. The Morgan fingerprint density at radius 2 is 2.00 bits per heavy atom. The first kappa shape index (κ1) is 18.8. The van der Waals surface area contributed by atoms with E-state index in [-0.39, 0.29) is 24.7 Å². The first-order valence-electron chi connectivity index (χ1n) is 8.74. The summed E-state index contributed by atoms with van der Waals surface area (Å²) in [6.45, 7) is 0.101. The van der Waals surface area contributed by atoms with Gasteiger partial charge in [-0.25, -0.2) is 14.2 Å². The number of aromatic nitrogens is 3. The molecule has 0 radical (unpaired) electrons. The van der Waals surface area contributed by atoms with Crippen LogP contribution in [0, 0.1) is 5.82 Å². The van der Waals surface area contributed by atoms with Crippen molar-refractivity contribution in [2.75, 3.05) is 5.32 Å². The van der Waals surface area contributed by atoms with Crippen molar-refractivity contribution in [3.63, 3.8) is 0 Å². The largest absolute Gasteiger partial charge is 0.328 e. The average molecular weight is 410 g/mol. The maximum Gasteiger partial charge on any atom is 0.328 e. The third kappa shape index (κ3) is 3.99. The van der Waals surface area contributed by atoms with E-state index in [1.807, 2.05) is 0 Å². The summed E-state index contributed by atoms with van der Waals surface area (Å²) in [6.07, 6.45) is 0.0187. The summed E-state index contributed by atoms with van der Waals surface area (Å²) in [5, 5.41) is 5.17. The van der Waals surface area contributed by atoms with Crippen LogP contribution >= 0.6 is 11.3 Å². The van der Waals surface area contributed by atoms with Gasteiger partial charge in [0.05, 0.1) is 16.6 Å². The normalized spacial score (nSPS) is 10.9. The second-order valence-electron chi connectivity index (χ2n) is 6.27. The molecular formula is C20H15FN4O3S. The van der Waals surface area contributed by atoms with Gasteiger partial charge in [-0.05, 0) is 24.3 Å². The van der Waals surface area contributed by atoms with E-state index in [2.05, 4.69) is 15.3 Å². The van der Waals surface area contributed by atoms with Crippen molar-refractivity contribution < 1.29 is 9.18 Å². The molecule has 0 aliphatic carbocycles. The fraction of sp³-hybridized carbons (Fsp3) is 0.100. The maximum absolute atomic E-state index is 13.4. The number of fused-ring (bicyclic) bond motifs is 1. The minimum absolute atomic E-state index is 0.0187. The van der Waals surface area contributed by atoms with Crippen LogP contribution in [0.3, 0.4) is 0 Å². The van der Waals surface area contributed by atoms with Gasteiger partial charge in [-0.3, -0.25) is 19.1 Å². The molecule has 2 heterocycles. The van der Waals surface area contributed by atoms with Gasteiger partial charge in [-0.2, -0.15) is 0 Å². The number of thiazole rings is 1. The third-order valence-corrected chi connectivity index (χ3v) is 5.10. The van der Waals surface area contributed by atoms with Crippen LogP contribution < -0.4 is 16.6 Å². The number of H-pyrrole nitrogens is 1. The number of aryl methyl sites for hydroxylation is 1. The van der Waals surface area contributed by atoms with Crippen molar-refractivity contribution >= 4 is 33.3 Å². The Morgan fingerprint density at radius 3 is 2.83 bits per heavy atom. The van der Waals surface area contributed by atoms with Gasteiger partial charge in [0, 0.05) is 23.9 Å². The number of anilines is 1. The number of aromatic amines is 1. The number of nitrogens with zero attached hydrogens (tertiary/aromatic N) is 2. The minimum Gasteiger partial charge on any atom is -0.302 e. The molecule has 0 bridgehead atoms. The molecule has 146 valence electrons. The van der Waals surface area contributed by atoms with Crippen LogP contribution in [-0.4, -0.2) is 20.4 Å². The molecule has 9 heteroatoms. The Hall–Kier alpha value is -3.59. The maximum atomic E-state index is 13.4. The van der Waals surface area contributed by atoms with Gasteiger partial charge in [0.15, 0.2) is 5.13 Å². The van der Waals surface area contributed by atoms with E-state index in [4.69, 9.17) is 0 Å². The zero-order valence-electron chi connectivity index (χ0n) is 15.0. The molecule has 2 N–H and O–H groups in total. The molecule has 0 atom stereocenters. The van der Waals surface area contributed by atoms with Crippen molar-refractivity contribution in [3.8, 4) is 11.3 Å². The molecule has 4 aromatic rings. The van der Waals surface area contributed by atoms with Crippen molar-refractivity contribution in [2.45, 2.75) is 13.0 Å². The lowest BCUT2D eigenvalue weighted by Crippen LogP contribution is -2.31. The number of benzene rings is 2. The van der Waals surface area contributed by atoms with Gasteiger partial charge in [-0.15, -0.1) is 11.3 Å². The van der Waals surface area contributed by atoms with E-state index in [0.29, 0.717) is 27.3 Å². The number of amides is 1. The predicted molar refractivity (Wildman–Crippen MR) is 110 cm³/mol. The SMILES string of the molecule is O=C(CCn1c(=O)[nH]c(=O)c2ccccc21)Nc1nc(-c2cccc(F)c2)cs1.